The van der Waals surface area contributed by atoms with Gasteiger partial charge in [0, 0.05) is 25.1 Å². The van der Waals surface area contributed by atoms with Gasteiger partial charge in [0.25, 0.3) is 0 Å². The average molecular weight is 431 g/mol. The summed E-state index contributed by atoms with van der Waals surface area (Å²) in [5.41, 5.74) is 7.23. The van der Waals surface area contributed by atoms with E-state index in [2.05, 4.69) is 14.9 Å². The van der Waals surface area contributed by atoms with Crippen LogP contribution in [-0.2, 0) is 0 Å². The van der Waals surface area contributed by atoms with Crippen LogP contribution in [0.3, 0.4) is 0 Å². The zero-order valence-corrected chi connectivity index (χ0v) is 18.4. The quantitative estimate of drug-likeness (QED) is 0.443. The first-order valence-electron chi connectivity index (χ1n) is 10.8. The summed E-state index contributed by atoms with van der Waals surface area (Å²) in [5, 5.41) is 0.566. The molecule has 0 bridgehead atoms. The summed E-state index contributed by atoms with van der Waals surface area (Å²) in [5.74, 6) is 2.46. The van der Waals surface area contributed by atoms with Crippen molar-refractivity contribution in [2.24, 2.45) is 11.7 Å². The van der Waals surface area contributed by atoms with Crippen LogP contribution in [0.4, 0.5) is 5.95 Å². The van der Waals surface area contributed by atoms with Gasteiger partial charge in [-0.2, -0.15) is 0 Å². The Hall–Kier alpha value is -2.18. The maximum atomic E-state index is 12.2. The summed E-state index contributed by atoms with van der Waals surface area (Å²) in [6, 6.07) is 5.73. The van der Waals surface area contributed by atoms with E-state index in [4.69, 9.17) is 22.1 Å². The highest BCUT2D eigenvalue weighted by molar-refractivity contribution is 6.30. The van der Waals surface area contributed by atoms with E-state index in [-0.39, 0.29) is 5.78 Å². The minimum atomic E-state index is 0.153. The number of anilines is 1. The smallest absolute Gasteiger partial charge is 0.225 e. The van der Waals surface area contributed by atoms with Gasteiger partial charge in [0.05, 0.1) is 24.0 Å². The summed E-state index contributed by atoms with van der Waals surface area (Å²) in [6.07, 6.45) is 9.00. The van der Waals surface area contributed by atoms with Crippen molar-refractivity contribution in [3.05, 3.63) is 46.7 Å². The zero-order valence-electron chi connectivity index (χ0n) is 17.6. The summed E-state index contributed by atoms with van der Waals surface area (Å²) in [6.45, 7) is 5.15. The third kappa shape index (κ3) is 6.41. The lowest BCUT2D eigenvalue weighted by molar-refractivity contribution is 0.0980. The molecule has 162 valence electrons. The third-order valence-electron chi connectivity index (χ3n) is 5.64. The van der Waals surface area contributed by atoms with Crippen LogP contribution in [0.5, 0.6) is 5.75 Å². The van der Waals surface area contributed by atoms with Crippen LogP contribution >= 0.6 is 11.6 Å². The Labute approximate surface area is 183 Å². The number of nitrogens with two attached hydrogens (primary N) is 1. The van der Waals surface area contributed by atoms with E-state index in [9.17, 15) is 4.79 Å². The molecule has 0 aliphatic carbocycles. The van der Waals surface area contributed by atoms with E-state index in [1.807, 2.05) is 25.1 Å². The molecule has 0 atom stereocenters. The molecule has 2 N–H and O–H groups in total. The normalized spacial score (nSPS) is 14.7. The van der Waals surface area contributed by atoms with Gasteiger partial charge in [0.1, 0.15) is 5.75 Å². The van der Waals surface area contributed by atoms with E-state index in [0.717, 1.165) is 68.0 Å². The predicted molar refractivity (Wildman–Crippen MR) is 121 cm³/mol. The van der Waals surface area contributed by atoms with Crippen LogP contribution in [0, 0.1) is 12.8 Å². The van der Waals surface area contributed by atoms with Gasteiger partial charge >= 0.3 is 0 Å². The fraction of sp³-hybridized carbons (Fsp3) is 0.522. The first-order valence-corrected chi connectivity index (χ1v) is 11.1. The molecule has 2 aromatic rings. The molecule has 0 saturated carbocycles. The number of rotatable bonds is 10. The molecular formula is C23H31ClN4O2. The van der Waals surface area contributed by atoms with Gasteiger partial charge in [-0.1, -0.05) is 11.6 Å². The van der Waals surface area contributed by atoms with Crippen LogP contribution in [-0.4, -0.2) is 42.0 Å². The minimum absolute atomic E-state index is 0.153. The molecule has 1 fully saturated rings. The molecular weight excluding hydrogens is 400 g/mol. The lowest BCUT2D eigenvalue weighted by Gasteiger charge is -2.31. The second kappa shape index (κ2) is 11.3. The molecule has 6 nitrogen and oxygen atoms in total. The second-order valence-electron chi connectivity index (χ2n) is 7.91. The summed E-state index contributed by atoms with van der Waals surface area (Å²) >= 11 is 5.86. The molecule has 0 unspecified atom stereocenters. The van der Waals surface area contributed by atoms with Gasteiger partial charge in [-0.25, -0.2) is 9.97 Å². The Morgan fingerprint density at radius 2 is 1.97 bits per heavy atom. The molecule has 0 amide bonds. The molecule has 1 saturated heterocycles. The van der Waals surface area contributed by atoms with Crippen molar-refractivity contribution in [3.63, 3.8) is 0 Å². The van der Waals surface area contributed by atoms with Crippen molar-refractivity contribution in [1.29, 1.82) is 0 Å². The fourth-order valence-corrected chi connectivity index (χ4v) is 3.99. The molecule has 7 heteroatoms. The number of hydrogen-bond acceptors (Lipinski definition) is 6. The van der Waals surface area contributed by atoms with E-state index in [1.165, 1.54) is 0 Å². The standard InChI is InChI=1S/C23H31ClN4O2/c1-17-14-20(6-7-21(17)22(29)5-2-10-25)30-13-3-4-18-8-11-28(12-9-18)23-26-15-19(24)16-27-23/h6-7,14-16,18H,2-5,8-13,25H2,1H3. The molecule has 1 aromatic heterocycles. The van der Waals surface area contributed by atoms with Crippen molar-refractivity contribution in [2.45, 2.75) is 45.4 Å². The van der Waals surface area contributed by atoms with Crippen LogP contribution < -0.4 is 15.4 Å². The highest BCUT2D eigenvalue weighted by atomic mass is 35.5. The summed E-state index contributed by atoms with van der Waals surface area (Å²) in [7, 11) is 0. The second-order valence-corrected chi connectivity index (χ2v) is 8.35. The van der Waals surface area contributed by atoms with Crippen LogP contribution in [0.25, 0.3) is 0 Å². The first-order chi connectivity index (χ1) is 14.6. The Bertz CT molecular complexity index is 820. The van der Waals surface area contributed by atoms with Gasteiger partial charge in [0.15, 0.2) is 5.78 Å². The van der Waals surface area contributed by atoms with Crippen molar-refractivity contribution in [3.8, 4) is 5.75 Å². The number of nitrogens with zero attached hydrogens (tertiary/aromatic N) is 3. The lowest BCUT2D eigenvalue weighted by Crippen LogP contribution is -2.34. The number of hydrogen-bond donors (Lipinski definition) is 1. The maximum Gasteiger partial charge on any atom is 0.225 e. The number of carbonyl (C=O) groups excluding carboxylic acids is 1. The number of piperidine rings is 1. The average Bonchev–Trinajstić information content (AvgIpc) is 2.76. The molecule has 0 spiro atoms. The minimum Gasteiger partial charge on any atom is -0.494 e. The Kier molecular flexibility index (Phi) is 8.46. The topological polar surface area (TPSA) is 81.3 Å². The molecule has 1 aliphatic heterocycles. The van der Waals surface area contributed by atoms with E-state index >= 15 is 0 Å². The van der Waals surface area contributed by atoms with Crippen molar-refractivity contribution in [1.82, 2.24) is 9.97 Å². The number of ketones is 1. The summed E-state index contributed by atoms with van der Waals surface area (Å²) < 4.78 is 5.92. The maximum absolute atomic E-state index is 12.2. The monoisotopic (exact) mass is 430 g/mol. The number of halogens is 1. The molecule has 0 radical (unpaired) electrons. The number of Topliss-reactive ketones (excluding diaryl/α,β-unsaturated/α-hetero) is 1. The Morgan fingerprint density at radius 3 is 2.63 bits per heavy atom. The molecule has 2 heterocycles. The molecule has 30 heavy (non-hydrogen) atoms. The predicted octanol–water partition coefficient (Wildman–Crippen LogP) is 4.44. The SMILES string of the molecule is Cc1cc(OCCCC2CCN(c3ncc(Cl)cn3)CC2)ccc1C(=O)CCCN. The highest BCUT2D eigenvalue weighted by Gasteiger charge is 2.20. The van der Waals surface area contributed by atoms with Crippen LogP contribution in [0.1, 0.15) is 54.4 Å². The van der Waals surface area contributed by atoms with Crippen LogP contribution in [0.2, 0.25) is 5.02 Å². The Morgan fingerprint density at radius 1 is 1.23 bits per heavy atom. The van der Waals surface area contributed by atoms with Gasteiger partial charge < -0.3 is 15.4 Å². The van der Waals surface area contributed by atoms with E-state index < -0.39 is 0 Å². The first kappa shape index (κ1) is 22.5. The highest BCUT2D eigenvalue weighted by Crippen LogP contribution is 2.25. The molecule has 1 aromatic carbocycles. The lowest BCUT2D eigenvalue weighted by atomic mass is 9.92. The van der Waals surface area contributed by atoms with Gasteiger partial charge in [-0.05, 0) is 75.3 Å². The van der Waals surface area contributed by atoms with Gasteiger partial charge in [0.2, 0.25) is 5.95 Å². The number of carbonyl (C=O) groups is 1. The fourth-order valence-electron chi connectivity index (χ4n) is 3.89. The van der Waals surface area contributed by atoms with Crippen molar-refractivity contribution in [2.75, 3.05) is 31.1 Å². The summed E-state index contributed by atoms with van der Waals surface area (Å²) in [4.78, 5) is 23.0. The van der Waals surface area contributed by atoms with Crippen LogP contribution in [0.15, 0.2) is 30.6 Å². The van der Waals surface area contributed by atoms with Gasteiger partial charge in [-0.3, -0.25) is 4.79 Å². The zero-order chi connectivity index (χ0) is 21.3. The number of aryl methyl sites for hydroxylation is 1. The van der Waals surface area contributed by atoms with E-state index in [1.54, 1.807) is 12.4 Å². The van der Waals surface area contributed by atoms with Crippen molar-refractivity contribution >= 4 is 23.3 Å². The number of aromatic nitrogens is 2. The van der Waals surface area contributed by atoms with Gasteiger partial charge in [-0.15, -0.1) is 0 Å². The largest absolute Gasteiger partial charge is 0.494 e. The third-order valence-corrected chi connectivity index (χ3v) is 5.83. The Balaban J connectivity index is 1.37. The molecule has 3 rings (SSSR count). The van der Waals surface area contributed by atoms with E-state index in [0.29, 0.717) is 30.5 Å². The molecule has 1 aliphatic rings. The van der Waals surface area contributed by atoms with Crippen molar-refractivity contribution < 1.29 is 9.53 Å². The number of ether oxygens (including phenoxy) is 1. The number of benzene rings is 1.